The second-order valence-corrected chi connectivity index (χ2v) is 7.82. The van der Waals surface area contributed by atoms with E-state index < -0.39 is 0 Å². The zero-order chi connectivity index (χ0) is 13.8. The lowest BCUT2D eigenvalue weighted by Gasteiger charge is -2.34. The van der Waals surface area contributed by atoms with Gasteiger partial charge >= 0.3 is 0 Å². The number of halogens is 2. The van der Waals surface area contributed by atoms with Gasteiger partial charge in [0, 0.05) is 28.0 Å². The number of nitrogens with two attached hydrogens (primary N) is 1. The van der Waals surface area contributed by atoms with E-state index in [0.717, 1.165) is 17.7 Å². The van der Waals surface area contributed by atoms with Gasteiger partial charge in [0.2, 0.25) is 0 Å². The molecule has 0 radical (unpaired) electrons. The molecule has 3 unspecified atom stereocenters. The number of thioether (sulfide) groups is 2. The molecule has 3 atom stereocenters. The minimum atomic E-state index is -0.376. The highest BCUT2D eigenvalue weighted by atomic mass is 35.5. The molecule has 0 aliphatic carbocycles. The Kier molecular flexibility index (Phi) is 5.84. The average Bonchev–Trinajstić information content (AvgIpc) is 2.41. The van der Waals surface area contributed by atoms with Gasteiger partial charge in [-0.25, -0.2) is 4.39 Å². The fourth-order valence-corrected chi connectivity index (χ4v) is 5.43. The quantitative estimate of drug-likeness (QED) is 0.660. The van der Waals surface area contributed by atoms with Crippen LogP contribution in [0.15, 0.2) is 18.2 Å². The zero-order valence-corrected chi connectivity index (χ0v) is 13.1. The van der Waals surface area contributed by atoms with Crippen LogP contribution in [0.2, 0.25) is 5.02 Å². The molecule has 0 saturated carbocycles. The summed E-state index contributed by atoms with van der Waals surface area (Å²) in [7, 11) is 0. The van der Waals surface area contributed by atoms with Gasteiger partial charge in [-0.2, -0.15) is 23.5 Å². The highest BCUT2D eigenvalue weighted by molar-refractivity contribution is 8.07. The predicted octanol–water partition coefficient (Wildman–Crippen LogP) is 3.09. The van der Waals surface area contributed by atoms with E-state index in [1.165, 1.54) is 11.8 Å². The van der Waals surface area contributed by atoms with Crippen LogP contribution in [-0.4, -0.2) is 28.0 Å². The number of benzene rings is 1. The molecule has 1 aliphatic heterocycles. The van der Waals surface area contributed by atoms with E-state index >= 15 is 0 Å². The van der Waals surface area contributed by atoms with Gasteiger partial charge in [0.25, 0.3) is 0 Å². The summed E-state index contributed by atoms with van der Waals surface area (Å²) in [5, 5.41) is 1.20. The van der Waals surface area contributed by atoms with E-state index in [-0.39, 0.29) is 16.9 Å². The summed E-state index contributed by atoms with van der Waals surface area (Å²) in [6, 6.07) is 5.05. The maximum atomic E-state index is 13.2. The van der Waals surface area contributed by atoms with Crippen LogP contribution in [0.25, 0.3) is 0 Å². The monoisotopic (exact) mass is 320 g/mol. The van der Waals surface area contributed by atoms with E-state index in [1.807, 2.05) is 23.5 Å². The number of rotatable bonds is 4. The molecule has 3 N–H and O–H groups in total. The van der Waals surface area contributed by atoms with Gasteiger partial charge < -0.3 is 0 Å². The Balaban J connectivity index is 2.07. The van der Waals surface area contributed by atoms with Crippen molar-refractivity contribution in [2.24, 2.45) is 5.84 Å². The van der Waals surface area contributed by atoms with E-state index in [0.29, 0.717) is 10.5 Å². The molecule has 1 saturated heterocycles. The lowest BCUT2D eigenvalue weighted by Crippen LogP contribution is -2.48. The maximum Gasteiger partial charge on any atom is 0.141 e. The van der Waals surface area contributed by atoms with Crippen LogP contribution in [0.1, 0.15) is 12.5 Å². The molecule has 1 aromatic carbocycles. The zero-order valence-electron chi connectivity index (χ0n) is 10.7. The van der Waals surface area contributed by atoms with Gasteiger partial charge in [-0.05, 0) is 24.1 Å². The summed E-state index contributed by atoms with van der Waals surface area (Å²) >= 11 is 9.76. The minimum Gasteiger partial charge on any atom is -0.271 e. The van der Waals surface area contributed by atoms with Crippen LogP contribution in [0.4, 0.5) is 4.39 Å². The Morgan fingerprint density at radius 2 is 2.21 bits per heavy atom. The fourth-order valence-electron chi connectivity index (χ4n) is 2.28. The van der Waals surface area contributed by atoms with Crippen LogP contribution in [0, 0.1) is 5.82 Å². The molecule has 0 aromatic heterocycles. The van der Waals surface area contributed by atoms with E-state index in [2.05, 4.69) is 12.3 Å². The highest BCUT2D eigenvalue weighted by Gasteiger charge is 2.29. The van der Waals surface area contributed by atoms with Gasteiger partial charge in [0.05, 0.1) is 5.02 Å². The Labute approximate surface area is 127 Å². The maximum absolute atomic E-state index is 13.2. The second-order valence-electron chi connectivity index (χ2n) is 4.64. The number of nitrogens with one attached hydrogen (secondary N) is 1. The first-order chi connectivity index (χ1) is 9.11. The molecule has 2 rings (SSSR count). The lowest BCUT2D eigenvalue weighted by molar-refractivity contribution is 0.501. The van der Waals surface area contributed by atoms with Crippen LogP contribution in [0.3, 0.4) is 0 Å². The molecule has 1 aliphatic rings. The van der Waals surface area contributed by atoms with Gasteiger partial charge in [0.1, 0.15) is 5.82 Å². The number of hydrazine groups is 1. The molecule has 2 nitrogen and oxygen atoms in total. The average molecular weight is 321 g/mol. The molecule has 0 spiro atoms. The third-order valence-corrected chi connectivity index (χ3v) is 6.83. The molecule has 19 heavy (non-hydrogen) atoms. The molecule has 106 valence electrons. The van der Waals surface area contributed by atoms with Gasteiger partial charge in [-0.15, -0.1) is 0 Å². The van der Waals surface area contributed by atoms with Crippen LogP contribution in [-0.2, 0) is 6.42 Å². The standard InChI is InChI=1S/C13H18ClFN2S2/c1-8-13(19-5-4-18-8)12(17-16)7-9-2-3-11(15)10(14)6-9/h2-3,6,8,12-13,17H,4-5,7,16H2,1H3. The number of hydrogen-bond acceptors (Lipinski definition) is 4. The van der Waals surface area contributed by atoms with Crippen molar-refractivity contribution in [3.8, 4) is 0 Å². The van der Waals surface area contributed by atoms with Crippen molar-refractivity contribution >= 4 is 35.1 Å². The van der Waals surface area contributed by atoms with Crippen LogP contribution >= 0.6 is 35.1 Å². The molecular formula is C13H18ClFN2S2. The SMILES string of the molecule is CC1SCCSC1C(Cc1ccc(F)c(Cl)c1)NN. The summed E-state index contributed by atoms with van der Waals surface area (Å²) < 4.78 is 13.2. The summed E-state index contributed by atoms with van der Waals surface area (Å²) in [4.78, 5) is 0. The van der Waals surface area contributed by atoms with Crippen molar-refractivity contribution in [1.82, 2.24) is 5.43 Å². The Morgan fingerprint density at radius 1 is 1.47 bits per heavy atom. The van der Waals surface area contributed by atoms with Crippen LogP contribution < -0.4 is 11.3 Å². The van der Waals surface area contributed by atoms with Gasteiger partial charge in [0.15, 0.2) is 0 Å². The summed E-state index contributed by atoms with van der Waals surface area (Å²) in [5.74, 6) is 7.68. The van der Waals surface area contributed by atoms with Crippen molar-refractivity contribution in [3.05, 3.63) is 34.6 Å². The Hall–Kier alpha value is 0.0600. The Bertz CT molecular complexity index is 433. The fraction of sp³-hybridized carbons (Fsp3) is 0.538. The van der Waals surface area contributed by atoms with Crippen molar-refractivity contribution < 1.29 is 4.39 Å². The van der Waals surface area contributed by atoms with Crippen molar-refractivity contribution in [1.29, 1.82) is 0 Å². The van der Waals surface area contributed by atoms with Crippen molar-refractivity contribution in [2.75, 3.05) is 11.5 Å². The molecule has 0 bridgehead atoms. The first-order valence-electron chi connectivity index (χ1n) is 6.25. The molecular weight excluding hydrogens is 303 g/mol. The van der Waals surface area contributed by atoms with Crippen LogP contribution in [0.5, 0.6) is 0 Å². The van der Waals surface area contributed by atoms with Crippen molar-refractivity contribution in [2.45, 2.75) is 29.9 Å². The first-order valence-corrected chi connectivity index (χ1v) is 8.72. The third-order valence-electron chi connectivity index (χ3n) is 3.29. The van der Waals surface area contributed by atoms with E-state index in [1.54, 1.807) is 12.1 Å². The largest absolute Gasteiger partial charge is 0.271 e. The Morgan fingerprint density at radius 3 is 2.84 bits per heavy atom. The first kappa shape index (κ1) is 15.4. The smallest absolute Gasteiger partial charge is 0.141 e. The van der Waals surface area contributed by atoms with Gasteiger partial charge in [-0.1, -0.05) is 24.6 Å². The highest BCUT2D eigenvalue weighted by Crippen LogP contribution is 2.34. The summed E-state index contributed by atoms with van der Waals surface area (Å²) in [5.41, 5.74) is 3.93. The molecule has 1 heterocycles. The molecule has 6 heteroatoms. The summed E-state index contributed by atoms with van der Waals surface area (Å²) in [6.07, 6.45) is 0.763. The lowest BCUT2D eigenvalue weighted by atomic mass is 10.0. The molecule has 1 fully saturated rings. The molecule has 1 aromatic rings. The minimum absolute atomic E-state index is 0.173. The van der Waals surface area contributed by atoms with E-state index in [9.17, 15) is 4.39 Å². The number of hydrogen-bond donors (Lipinski definition) is 2. The van der Waals surface area contributed by atoms with Crippen molar-refractivity contribution in [3.63, 3.8) is 0 Å². The third kappa shape index (κ3) is 4.02. The predicted molar refractivity (Wildman–Crippen MR) is 84.4 cm³/mol. The normalized spacial score (nSPS) is 25.3. The summed E-state index contributed by atoms with van der Waals surface area (Å²) in [6.45, 7) is 2.24. The van der Waals surface area contributed by atoms with Gasteiger partial charge in [-0.3, -0.25) is 11.3 Å². The second kappa shape index (κ2) is 7.18. The topological polar surface area (TPSA) is 38.0 Å². The molecule has 0 amide bonds. The van der Waals surface area contributed by atoms with E-state index in [4.69, 9.17) is 17.4 Å².